The van der Waals surface area contributed by atoms with Crippen molar-refractivity contribution in [2.45, 2.75) is 77.9 Å². The Morgan fingerprint density at radius 1 is 1.25 bits per heavy atom. The van der Waals surface area contributed by atoms with Gasteiger partial charge in [-0.15, -0.1) is 0 Å². The molecule has 16 heavy (non-hydrogen) atoms. The van der Waals surface area contributed by atoms with Crippen LogP contribution in [0.3, 0.4) is 0 Å². The smallest absolute Gasteiger partial charge is 0.335 e. The van der Waals surface area contributed by atoms with Crippen LogP contribution in [0.5, 0.6) is 0 Å². The Balaban J connectivity index is 4.36. The largest absolute Gasteiger partial charge is 0.457 e. The van der Waals surface area contributed by atoms with Crippen LogP contribution in [0.25, 0.3) is 0 Å². The Bertz CT molecular complexity index is 195. The van der Waals surface area contributed by atoms with E-state index in [1.54, 1.807) is 0 Å². The monoisotopic (exact) mass is 230 g/mol. The normalized spacial score (nSPS) is 13.6. The van der Waals surface area contributed by atoms with Crippen molar-refractivity contribution in [2.24, 2.45) is 0 Å². The lowest BCUT2D eigenvalue weighted by Crippen LogP contribution is -2.37. The first kappa shape index (κ1) is 15.4. The lowest BCUT2D eigenvalue weighted by atomic mass is 9.90. The zero-order valence-corrected chi connectivity index (χ0v) is 11.1. The van der Waals surface area contributed by atoms with E-state index in [0.29, 0.717) is 0 Å². The number of carbonyl (C=O) groups is 1. The van der Waals surface area contributed by atoms with Crippen molar-refractivity contribution in [3.05, 3.63) is 0 Å². The van der Waals surface area contributed by atoms with Gasteiger partial charge in [-0.1, -0.05) is 33.6 Å². The second-order valence-corrected chi connectivity index (χ2v) is 4.44. The summed E-state index contributed by atoms with van der Waals surface area (Å²) in [6.45, 7) is 7.67. The molecule has 0 saturated carbocycles. The van der Waals surface area contributed by atoms with Crippen molar-refractivity contribution in [3.8, 4) is 0 Å². The molecule has 3 nitrogen and oxygen atoms in total. The molecule has 0 aromatic rings. The topological polar surface area (TPSA) is 46.5 Å². The molecule has 0 aliphatic rings. The maximum Gasteiger partial charge on any atom is 0.335 e. The Labute approximate surface area is 99.2 Å². The summed E-state index contributed by atoms with van der Waals surface area (Å²) in [6.07, 6.45) is 4.89. The van der Waals surface area contributed by atoms with Crippen molar-refractivity contribution in [1.29, 1.82) is 0 Å². The molecule has 1 atom stereocenters. The average Bonchev–Trinajstić information content (AvgIpc) is 2.27. The molecule has 3 heteroatoms. The van der Waals surface area contributed by atoms with Crippen LogP contribution in [0.1, 0.15) is 66.2 Å². The minimum absolute atomic E-state index is 0.372. The number of aliphatic hydroxyl groups is 1. The second-order valence-electron chi connectivity index (χ2n) is 4.44. The summed E-state index contributed by atoms with van der Waals surface area (Å²) >= 11 is 0. The maximum atomic E-state index is 11.4. The zero-order chi connectivity index (χ0) is 12.6. The molecule has 0 aliphatic carbocycles. The highest BCUT2D eigenvalue weighted by Crippen LogP contribution is 2.28. The number of carbonyl (C=O) groups excluding carboxylic acids is 1. The fraction of sp³-hybridized carbons (Fsp3) is 0.923. The number of unbranched alkanes of at least 4 members (excludes halogenated alkanes) is 2. The quantitative estimate of drug-likeness (QED) is 0.515. The van der Waals surface area contributed by atoms with Crippen LogP contribution in [-0.2, 0) is 9.53 Å². The van der Waals surface area contributed by atoms with Gasteiger partial charge < -0.3 is 9.84 Å². The van der Waals surface area contributed by atoms with Crippen molar-refractivity contribution < 1.29 is 14.6 Å². The molecular weight excluding hydrogens is 204 g/mol. The molecule has 0 bridgehead atoms. The average molecular weight is 230 g/mol. The first-order chi connectivity index (χ1) is 7.51. The van der Waals surface area contributed by atoms with Crippen LogP contribution in [0.15, 0.2) is 0 Å². The summed E-state index contributed by atoms with van der Waals surface area (Å²) in [6, 6.07) is 0. The van der Waals surface area contributed by atoms with E-state index in [9.17, 15) is 9.90 Å². The predicted molar refractivity (Wildman–Crippen MR) is 65.2 cm³/mol. The van der Waals surface area contributed by atoms with Crippen molar-refractivity contribution in [3.63, 3.8) is 0 Å². The first-order valence-electron chi connectivity index (χ1n) is 6.42. The van der Waals surface area contributed by atoms with E-state index in [0.717, 1.165) is 38.5 Å². The maximum absolute atomic E-state index is 11.4. The highest BCUT2D eigenvalue weighted by molar-refractivity contribution is 5.74. The predicted octanol–water partition coefficient (Wildman–Crippen LogP) is 3.05. The van der Waals surface area contributed by atoms with Crippen LogP contribution in [0.4, 0.5) is 0 Å². The van der Waals surface area contributed by atoms with E-state index < -0.39 is 12.1 Å². The standard InChI is InChI=1S/C13H26O3/c1-5-8-9-10-13(6-2,7-3)16-12(15)11(4)14/h11,14H,5-10H2,1-4H3. The molecule has 1 N–H and O–H groups in total. The van der Waals surface area contributed by atoms with E-state index in [4.69, 9.17) is 4.74 Å². The number of aliphatic hydroxyl groups excluding tert-OH is 1. The summed E-state index contributed by atoms with van der Waals surface area (Å²) in [5.74, 6) is -0.500. The molecule has 96 valence electrons. The Kier molecular flexibility index (Phi) is 7.39. The van der Waals surface area contributed by atoms with Gasteiger partial charge in [-0.05, 0) is 32.6 Å². The van der Waals surface area contributed by atoms with Gasteiger partial charge in [-0.25, -0.2) is 4.79 Å². The van der Waals surface area contributed by atoms with Gasteiger partial charge in [-0.3, -0.25) is 0 Å². The van der Waals surface area contributed by atoms with Crippen molar-refractivity contribution in [2.75, 3.05) is 0 Å². The lowest BCUT2D eigenvalue weighted by Gasteiger charge is -2.32. The van der Waals surface area contributed by atoms with Gasteiger partial charge in [0.2, 0.25) is 0 Å². The molecule has 1 unspecified atom stereocenters. The van der Waals surface area contributed by atoms with E-state index in [1.165, 1.54) is 6.92 Å². The van der Waals surface area contributed by atoms with Crippen LogP contribution in [0, 0.1) is 0 Å². The SMILES string of the molecule is CCCCCC(CC)(CC)OC(=O)C(C)O. The molecule has 0 aliphatic heterocycles. The van der Waals surface area contributed by atoms with Crippen LogP contribution < -0.4 is 0 Å². The summed E-state index contributed by atoms with van der Waals surface area (Å²) in [7, 11) is 0. The molecule has 0 fully saturated rings. The molecule has 0 spiro atoms. The Morgan fingerprint density at radius 3 is 2.19 bits per heavy atom. The zero-order valence-electron chi connectivity index (χ0n) is 11.1. The first-order valence-corrected chi connectivity index (χ1v) is 6.42. The van der Waals surface area contributed by atoms with E-state index >= 15 is 0 Å². The van der Waals surface area contributed by atoms with E-state index in [2.05, 4.69) is 6.92 Å². The summed E-state index contributed by atoms with van der Waals surface area (Å²) < 4.78 is 5.46. The second kappa shape index (κ2) is 7.66. The van der Waals surface area contributed by atoms with Crippen LogP contribution in [0.2, 0.25) is 0 Å². The van der Waals surface area contributed by atoms with Gasteiger partial charge in [0.15, 0.2) is 0 Å². The van der Waals surface area contributed by atoms with E-state index in [-0.39, 0.29) is 5.60 Å². The van der Waals surface area contributed by atoms with Gasteiger partial charge in [0.1, 0.15) is 11.7 Å². The van der Waals surface area contributed by atoms with Crippen molar-refractivity contribution >= 4 is 5.97 Å². The minimum Gasteiger partial charge on any atom is -0.457 e. The molecule has 0 saturated heterocycles. The van der Waals surface area contributed by atoms with Gasteiger partial charge in [0.25, 0.3) is 0 Å². The number of rotatable bonds is 8. The molecule has 0 rings (SSSR count). The van der Waals surface area contributed by atoms with Gasteiger partial charge in [0, 0.05) is 0 Å². The molecule has 0 heterocycles. The summed E-state index contributed by atoms with van der Waals surface area (Å²) in [4.78, 5) is 11.4. The minimum atomic E-state index is -1.02. The summed E-state index contributed by atoms with van der Waals surface area (Å²) in [5, 5.41) is 9.17. The Hall–Kier alpha value is -0.570. The van der Waals surface area contributed by atoms with Crippen molar-refractivity contribution in [1.82, 2.24) is 0 Å². The van der Waals surface area contributed by atoms with E-state index in [1.807, 2.05) is 13.8 Å². The molecule has 0 amide bonds. The third-order valence-corrected chi connectivity index (χ3v) is 3.18. The molecule has 0 aromatic carbocycles. The number of ether oxygens (including phenoxy) is 1. The van der Waals surface area contributed by atoms with Gasteiger partial charge in [-0.2, -0.15) is 0 Å². The fourth-order valence-corrected chi connectivity index (χ4v) is 1.79. The Morgan fingerprint density at radius 2 is 1.81 bits per heavy atom. The molecular formula is C13H26O3. The third kappa shape index (κ3) is 4.97. The van der Waals surface area contributed by atoms with Crippen LogP contribution in [-0.4, -0.2) is 22.8 Å². The highest BCUT2D eigenvalue weighted by Gasteiger charge is 2.31. The number of hydrogen-bond donors (Lipinski definition) is 1. The molecule has 0 aromatic heterocycles. The van der Waals surface area contributed by atoms with Gasteiger partial charge in [0.05, 0.1) is 0 Å². The lowest BCUT2D eigenvalue weighted by molar-refractivity contribution is -0.171. The number of hydrogen-bond acceptors (Lipinski definition) is 3. The van der Waals surface area contributed by atoms with Gasteiger partial charge >= 0.3 is 5.97 Å². The number of esters is 1. The van der Waals surface area contributed by atoms with Crippen LogP contribution >= 0.6 is 0 Å². The summed E-state index contributed by atoms with van der Waals surface area (Å²) in [5.41, 5.74) is -0.372. The third-order valence-electron chi connectivity index (χ3n) is 3.18. The highest BCUT2D eigenvalue weighted by atomic mass is 16.6. The fourth-order valence-electron chi connectivity index (χ4n) is 1.79. The molecule has 0 radical (unpaired) electrons.